The fourth-order valence-electron chi connectivity index (χ4n) is 2.53. The van der Waals surface area contributed by atoms with Crippen LogP contribution < -0.4 is 5.73 Å². The van der Waals surface area contributed by atoms with Gasteiger partial charge in [-0.05, 0) is 51.5 Å². The van der Waals surface area contributed by atoms with E-state index in [1.54, 1.807) is 11.3 Å². The number of aryl methyl sites for hydroxylation is 1. The number of nitrogens with two attached hydrogens (primary N) is 1. The first-order chi connectivity index (χ1) is 8.33. The number of hydrogen-bond acceptors (Lipinski definition) is 4. The zero-order valence-electron chi connectivity index (χ0n) is 11.5. The number of carbonyl (C=O) groups is 1. The number of anilines is 1. The molecule has 3 nitrogen and oxygen atoms in total. The van der Waals surface area contributed by atoms with E-state index in [9.17, 15) is 4.79 Å². The Balaban J connectivity index is 2.37. The molecule has 0 aromatic carbocycles. The molecule has 4 heteroatoms. The molecule has 0 amide bonds. The Labute approximate surface area is 112 Å². The van der Waals surface area contributed by atoms with Crippen LogP contribution >= 0.6 is 11.3 Å². The summed E-state index contributed by atoms with van der Waals surface area (Å²) >= 11 is 1.55. The predicted molar refractivity (Wildman–Crippen MR) is 75.3 cm³/mol. The van der Waals surface area contributed by atoms with Crippen molar-refractivity contribution in [3.63, 3.8) is 0 Å². The highest BCUT2D eigenvalue weighted by Gasteiger charge is 2.33. The van der Waals surface area contributed by atoms with E-state index >= 15 is 0 Å². The highest BCUT2D eigenvalue weighted by molar-refractivity contribution is 7.16. The standard InChI is InChI=1S/C14H21NO2S/c1-5-8-6-7-9-10(8)11(12(15)18-9)13(16)17-14(2,3)4/h8H,5-7,15H2,1-4H3. The maximum Gasteiger partial charge on any atom is 0.341 e. The van der Waals surface area contributed by atoms with Crippen LogP contribution in [0, 0.1) is 0 Å². The van der Waals surface area contributed by atoms with Crippen molar-refractivity contribution in [2.24, 2.45) is 0 Å². The summed E-state index contributed by atoms with van der Waals surface area (Å²) in [5.74, 6) is 0.203. The van der Waals surface area contributed by atoms with Crippen molar-refractivity contribution in [3.8, 4) is 0 Å². The van der Waals surface area contributed by atoms with E-state index in [1.165, 1.54) is 4.88 Å². The van der Waals surface area contributed by atoms with Crippen LogP contribution in [-0.2, 0) is 11.2 Å². The fourth-order valence-corrected chi connectivity index (χ4v) is 3.69. The van der Waals surface area contributed by atoms with E-state index in [0.29, 0.717) is 16.5 Å². The molecule has 0 spiro atoms. The molecule has 1 heterocycles. The number of fused-ring (bicyclic) bond motifs is 1. The van der Waals surface area contributed by atoms with E-state index in [4.69, 9.17) is 10.5 Å². The molecule has 0 radical (unpaired) electrons. The van der Waals surface area contributed by atoms with Crippen LogP contribution in [0.5, 0.6) is 0 Å². The third-order valence-corrected chi connectivity index (χ3v) is 4.37. The Kier molecular flexibility index (Phi) is 3.41. The highest BCUT2D eigenvalue weighted by atomic mass is 32.1. The first-order valence-corrected chi connectivity index (χ1v) is 7.29. The lowest BCUT2D eigenvalue weighted by atomic mass is 9.97. The number of rotatable bonds is 2. The average Bonchev–Trinajstić information content (AvgIpc) is 2.71. The molecule has 1 aromatic rings. The van der Waals surface area contributed by atoms with Crippen molar-refractivity contribution in [3.05, 3.63) is 16.0 Å². The van der Waals surface area contributed by atoms with Crippen LogP contribution in [0.4, 0.5) is 5.00 Å². The number of ether oxygens (including phenoxy) is 1. The quantitative estimate of drug-likeness (QED) is 0.831. The zero-order chi connectivity index (χ0) is 13.5. The minimum atomic E-state index is -0.474. The van der Waals surface area contributed by atoms with E-state index in [-0.39, 0.29) is 5.97 Å². The maximum absolute atomic E-state index is 12.3. The Morgan fingerprint density at radius 3 is 2.72 bits per heavy atom. The van der Waals surface area contributed by atoms with E-state index in [0.717, 1.165) is 24.8 Å². The second-order valence-electron chi connectivity index (χ2n) is 5.82. The van der Waals surface area contributed by atoms with Gasteiger partial charge in [-0.15, -0.1) is 11.3 Å². The van der Waals surface area contributed by atoms with Crippen molar-refractivity contribution in [2.75, 3.05) is 5.73 Å². The molecule has 0 saturated heterocycles. The van der Waals surface area contributed by atoms with Gasteiger partial charge in [0.05, 0.1) is 5.56 Å². The van der Waals surface area contributed by atoms with Gasteiger partial charge in [0.25, 0.3) is 0 Å². The number of thiophene rings is 1. The lowest BCUT2D eigenvalue weighted by molar-refractivity contribution is 0.00698. The summed E-state index contributed by atoms with van der Waals surface area (Å²) < 4.78 is 5.47. The Morgan fingerprint density at radius 2 is 2.17 bits per heavy atom. The van der Waals surface area contributed by atoms with Crippen LogP contribution in [0.15, 0.2) is 0 Å². The Morgan fingerprint density at radius 1 is 1.50 bits per heavy atom. The van der Waals surface area contributed by atoms with E-state index in [2.05, 4.69) is 6.92 Å². The summed E-state index contributed by atoms with van der Waals surface area (Å²) in [4.78, 5) is 13.5. The number of hydrogen-bond donors (Lipinski definition) is 1. The van der Waals surface area contributed by atoms with Gasteiger partial charge in [0.1, 0.15) is 10.6 Å². The first-order valence-electron chi connectivity index (χ1n) is 6.48. The summed E-state index contributed by atoms with van der Waals surface area (Å²) in [5, 5.41) is 0.618. The van der Waals surface area contributed by atoms with Gasteiger partial charge in [0, 0.05) is 4.88 Å². The summed E-state index contributed by atoms with van der Waals surface area (Å²) in [5.41, 5.74) is 7.33. The second kappa shape index (κ2) is 4.57. The number of nitrogen functional groups attached to an aromatic ring is 1. The van der Waals surface area contributed by atoms with Gasteiger partial charge in [-0.1, -0.05) is 6.92 Å². The minimum Gasteiger partial charge on any atom is -0.456 e. The molecule has 1 atom stereocenters. The van der Waals surface area contributed by atoms with Crippen LogP contribution in [0.25, 0.3) is 0 Å². The lowest BCUT2D eigenvalue weighted by Crippen LogP contribution is -2.24. The van der Waals surface area contributed by atoms with Crippen molar-refractivity contribution in [1.82, 2.24) is 0 Å². The molecule has 1 aromatic heterocycles. The monoisotopic (exact) mass is 267 g/mol. The second-order valence-corrected chi connectivity index (χ2v) is 6.96. The Bertz CT molecular complexity index is 471. The normalized spacial score (nSPS) is 18.8. The van der Waals surface area contributed by atoms with Crippen molar-refractivity contribution in [2.45, 2.75) is 58.5 Å². The molecule has 0 saturated carbocycles. The molecule has 2 N–H and O–H groups in total. The smallest absolute Gasteiger partial charge is 0.341 e. The average molecular weight is 267 g/mol. The third-order valence-electron chi connectivity index (χ3n) is 3.27. The van der Waals surface area contributed by atoms with E-state index < -0.39 is 5.60 Å². The van der Waals surface area contributed by atoms with Gasteiger partial charge in [-0.2, -0.15) is 0 Å². The topological polar surface area (TPSA) is 52.3 Å². The molecule has 0 fully saturated rings. The molecule has 100 valence electrons. The lowest BCUT2D eigenvalue weighted by Gasteiger charge is -2.20. The number of esters is 1. The molecule has 1 aliphatic carbocycles. The van der Waals surface area contributed by atoms with Crippen LogP contribution in [0.1, 0.15) is 67.3 Å². The van der Waals surface area contributed by atoms with Crippen LogP contribution in [0.3, 0.4) is 0 Å². The summed E-state index contributed by atoms with van der Waals surface area (Å²) in [6.45, 7) is 7.80. The third kappa shape index (κ3) is 2.39. The zero-order valence-corrected chi connectivity index (χ0v) is 12.3. The molecule has 1 unspecified atom stereocenters. The van der Waals surface area contributed by atoms with Gasteiger partial charge in [0.2, 0.25) is 0 Å². The first kappa shape index (κ1) is 13.4. The molecule has 2 rings (SSSR count). The SMILES string of the molecule is CCC1CCc2sc(N)c(C(=O)OC(C)(C)C)c21. The largest absolute Gasteiger partial charge is 0.456 e. The van der Waals surface area contributed by atoms with Crippen LogP contribution in [0.2, 0.25) is 0 Å². The van der Waals surface area contributed by atoms with Gasteiger partial charge in [0.15, 0.2) is 0 Å². The van der Waals surface area contributed by atoms with Crippen molar-refractivity contribution >= 4 is 22.3 Å². The van der Waals surface area contributed by atoms with Crippen molar-refractivity contribution in [1.29, 1.82) is 0 Å². The Hall–Kier alpha value is -1.03. The minimum absolute atomic E-state index is 0.266. The number of carbonyl (C=O) groups excluding carboxylic acids is 1. The van der Waals surface area contributed by atoms with Gasteiger partial charge in [-0.25, -0.2) is 4.79 Å². The predicted octanol–water partition coefficient (Wildman–Crippen LogP) is 3.73. The summed E-state index contributed by atoms with van der Waals surface area (Å²) in [6, 6.07) is 0. The van der Waals surface area contributed by atoms with Gasteiger partial charge < -0.3 is 10.5 Å². The summed E-state index contributed by atoms with van der Waals surface area (Å²) in [6.07, 6.45) is 3.23. The molecular formula is C14H21NO2S. The van der Waals surface area contributed by atoms with Gasteiger partial charge >= 0.3 is 5.97 Å². The molecular weight excluding hydrogens is 246 g/mol. The molecule has 0 bridgehead atoms. The summed E-state index contributed by atoms with van der Waals surface area (Å²) in [7, 11) is 0. The van der Waals surface area contributed by atoms with Crippen molar-refractivity contribution < 1.29 is 9.53 Å². The molecule has 1 aliphatic rings. The maximum atomic E-state index is 12.3. The molecule has 18 heavy (non-hydrogen) atoms. The van der Waals surface area contributed by atoms with Crippen LogP contribution in [-0.4, -0.2) is 11.6 Å². The van der Waals surface area contributed by atoms with E-state index in [1.807, 2.05) is 20.8 Å². The fraction of sp³-hybridized carbons (Fsp3) is 0.643. The van der Waals surface area contributed by atoms with Gasteiger partial charge in [-0.3, -0.25) is 0 Å². The molecule has 0 aliphatic heterocycles. The highest BCUT2D eigenvalue weighted by Crippen LogP contribution is 2.45.